The summed E-state index contributed by atoms with van der Waals surface area (Å²) in [4.78, 5) is 72.8. The maximum atomic E-state index is 13.1. The van der Waals surface area contributed by atoms with Crippen LogP contribution in [0.3, 0.4) is 0 Å². The van der Waals surface area contributed by atoms with Gasteiger partial charge >= 0.3 is 39.5 Å². The molecule has 0 spiro atoms. The minimum atomic E-state index is -4.96. The Kier molecular flexibility index (Phi) is 66.5. The summed E-state index contributed by atoms with van der Waals surface area (Å²) in [6.07, 6.45) is 55.4. The van der Waals surface area contributed by atoms with E-state index in [1.54, 1.807) is 0 Å². The third kappa shape index (κ3) is 70.3. The van der Waals surface area contributed by atoms with Crippen molar-refractivity contribution in [2.24, 2.45) is 11.8 Å². The van der Waals surface area contributed by atoms with E-state index in [4.69, 9.17) is 37.0 Å². The number of esters is 4. The molecule has 0 saturated carbocycles. The number of hydrogen-bond donors (Lipinski definition) is 3. The highest BCUT2D eigenvalue weighted by Gasteiger charge is 2.30. The molecule has 0 aromatic rings. The maximum absolute atomic E-state index is 13.1. The molecule has 3 N–H and O–H groups in total. The topological polar surface area (TPSA) is 237 Å². The van der Waals surface area contributed by atoms with E-state index < -0.39 is 97.5 Å². The van der Waals surface area contributed by atoms with Gasteiger partial charge in [0.25, 0.3) is 0 Å². The quantitative estimate of drug-likeness (QED) is 0.0222. The highest BCUT2D eigenvalue weighted by molar-refractivity contribution is 7.47. The highest BCUT2D eigenvalue weighted by atomic mass is 31.2. The number of ether oxygens (including phenoxy) is 4. The molecule has 0 aliphatic rings. The van der Waals surface area contributed by atoms with E-state index in [0.29, 0.717) is 25.7 Å². The van der Waals surface area contributed by atoms with Crippen molar-refractivity contribution in [1.29, 1.82) is 0 Å². The second-order valence-corrected chi connectivity index (χ2v) is 31.3. The van der Waals surface area contributed by atoms with Gasteiger partial charge in [0, 0.05) is 25.7 Å². The minimum Gasteiger partial charge on any atom is -0.462 e. The Balaban J connectivity index is 5.24. The van der Waals surface area contributed by atoms with Crippen molar-refractivity contribution >= 4 is 39.5 Å². The van der Waals surface area contributed by atoms with Crippen LogP contribution < -0.4 is 0 Å². The first-order valence-electron chi connectivity index (χ1n) is 39.5. The fourth-order valence-corrected chi connectivity index (χ4v) is 13.2. The largest absolute Gasteiger partial charge is 0.472 e. The lowest BCUT2D eigenvalue weighted by Gasteiger charge is -2.21. The Morgan fingerprint density at radius 3 is 0.716 bits per heavy atom. The number of unbranched alkanes of at least 4 members (excludes halogenated alkanes) is 45. The second kappa shape index (κ2) is 67.9. The van der Waals surface area contributed by atoms with Crippen molar-refractivity contribution in [1.82, 2.24) is 0 Å². The van der Waals surface area contributed by atoms with Crippen LogP contribution in [-0.4, -0.2) is 96.7 Å². The average molecular weight is 1400 g/mol. The van der Waals surface area contributed by atoms with Crippen LogP contribution in [-0.2, 0) is 65.4 Å². The summed E-state index contributed by atoms with van der Waals surface area (Å²) in [6, 6.07) is 0. The summed E-state index contributed by atoms with van der Waals surface area (Å²) in [7, 11) is -9.91. The number of phosphoric ester groups is 2. The lowest BCUT2D eigenvalue weighted by Crippen LogP contribution is -2.30. The van der Waals surface area contributed by atoms with E-state index in [-0.39, 0.29) is 25.7 Å². The van der Waals surface area contributed by atoms with Crippen molar-refractivity contribution in [3.05, 3.63) is 0 Å². The van der Waals surface area contributed by atoms with Gasteiger partial charge in [0.2, 0.25) is 0 Å². The zero-order chi connectivity index (χ0) is 70.0. The van der Waals surface area contributed by atoms with Gasteiger partial charge < -0.3 is 33.8 Å². The fraction of sp³-hybridized carbons (Fsp3) is 0.947. The van der Waals surface area contributed by atoms with Crippen LogP contribution in [0.1, 0.15) is 395 Å². The first-order valence-corrected chi connectivity index (χ1v) is 42.5. The van der Waals surface area contributed by atoms with Gasteiger partial charge in [-0.05, 0) is 37.5 Å². The van der Waals surface area contributed by atoms with Gasteiger partial charge in [-0.15, -0.1) is 0 Å². The second-order valence-electron chi connectivity index (χ2n) is 28.3. The number of aliphatic hydroxyl groups excluding tert-OH is 1. The number of carbonyl (C=O) groups is 4. The summed E-state index contributed by atoms with van der Waals surface area (Å²) < 4.78 is 68.5. The van der Waals surface area contributed by atoms with E-state index in [2.05, 4.69) is 41.5 Å². The predicted molar refractivity (Wildman–Crippen MR) is 386 cm³/mol. The first-order chi connectivity index (χ1) is 45.9. The number of phosphoric acid groups is 2. The molecule has 19 heteroatoms. The van der Waals surface area contributed by atoms with Crippen LogP contribution in [0, 0.1) is 11.8 Å². The van der Waals surface area contributed by atoms with Gasteiger partial charge in [0.05, 0.1) is 26.4 Å². The van der Waals surface area contributed by atoms with Crippen LogP contribution in [0.5, 0.6) is 0 Å². The summed E-state index contributed by atoms with van der Waals surface area (Å²) in [5, 5.41) is 10.6. The molecule has 0 saturated heterocycles. The Morgan fingerprint density at radius 1 is 0.284 bits per heavy atom. The molecule has 5 atom stereocenters. The summed E-state index contributed by atoms with van der Waals surface area (Å²) in [5.74, 6) is -0.554. The molecule has 2 unspecified atom stereocenters. The molecule has 95 heavy (non-hydrogen) atoms. The van der Waals surface area contributed by atoms with Gasteiger partial charge in [-0.25, -0.2) is 9.13 Å². The molecular weight excluding hydrogens is 1250 g/mol. The van der Waals surface area contributed by atoms with Crippen LogP contribution in [0.15, 0.2) is 0 Å². The average Bonchev–Trinajstić information content (AvgIpc) is 1.32. The number of hydrogen-bond acceptors (Lipinski definition) is 15. The SMILES string of the molecule is CCCCCCCCCCCCCCCCCC(=O)OC[C@H](COP(=O)(O)OC[C@@H](O)COP(=O)(O)OC[C@@H](COC(=O)CCCCCCCCCCC)OC(=O)CCCCCCCCCCCCCC(C)C)OC(=O)CCCCCCCCCCCCCCCCC(C)C. The molecule has 0 aliphatic carbocycles. The van der Waals surface area contributed by atoms with E-state index in [9.17, 15) is 43.2 Å². The zero-order valence-corrected chi connectivity index (χ0v) is 63.8. The summed E-state index contributed by atoms with van der Waals surface area (Å²) >= 11 is 0. The van der Waals surface area contributed by atoms with E-state index >= 15 is 0 Å². The lowest BCUT2D eigenvalue weighted by molar-refractivity contribution is -0.161. The van der Waals surface area contributed by atoms with Crippen LogP contribution in [0.4, 0.5) is 0 Å². The molecule has 564 valence electrons. The van der Waals surface area contributed by atoms with Crippen LogP contribution >= 0.6 is 15.6 Å². The number of rotatable bonds is 75. The van der Waals surface area contributed by atoms with Gasteiger partial charge in [0.1, 0.15) is 19.3 Å². The molecule has 0 rings (SSSR count). The molecule has 0 fully saturated rings. The van der Waals surface area contributed by atoms with Crippen LogP contribution in [0.2, 0.25) is 0 Å². The molecule has 0 heterocycles. The van der Waals surface area contributed by atoms with Gasteiger partial charge in [-0.1, -0.05) is 343 Å². The molecule has 0 amide bonds. The maximum Gasteiger partial charge on any atom is 0.472 e. The standard InChI is InChI=1S/C76H148O17P2/c1-7-9-11-13-15-17-18-19-20-24-29-35-41-47-53-59-74(79)87-65-72(93-75(80)60-54-48-42-36-30-25-22-21-23-27-33-38-44-50-56-68(3)4)67-91-95(84,85)89-63-70(77)62-88-94(82,83)90-66-71(64-86-73(78)58-52-46-40-32-16-14-12-10-8-2)92-76(81)61-55-49-43-37-31-26-28-34-39-45-51-57-69(5)6/h68-72,77H,7-67H2,1-6H3,(H,82,83)(H,84,85)/t70-,71+,72+/m0/s1. The smallest absolute Gasteiger partial charge is 0.462 e. The molecule has 0 aliphatic heterocycles. The monoisotopic (exact) mass is 1400 g/mol. The minimum absolute atomic E-state index is 0.107. The third-order valence-corrected chi connectivity index (χ3v) is 19.6. The molecule has 0 bridgehead atoms. The predicted octanol–water partition coefficient (Wildman–Crippen LogP) is 22.3. The van der Waals surface area contributed by atoms with Gasteiger partial charge in [-0.2, -0.15) is 0 Å². The van der Waals surface area contributed by atoms with Crippen LogP contribution in [0.25, 0.3) is 0 Å². The van der Waals surface area contributed by atoms with Crippen molar-refractivity contribution in [3.63, 3.8) is 0 Å². The van der Waals surface area contributed by atoms with E-state index in [0.717, 1.165) is 102 Å². The first kappa shape index (κ1) is 93.1. The van der Waals surface area contributed by atoms with Gasteiger partial charge in [-0.3, -0.25) is 37.3 Å². The van der Waals surface area contributed by atoms with Crippen molar-refractivity contribution < 1.29 is 80.2 Å². The molecule has 0 aromatic heterocycles. The summed E-state index contributed by atoms with van der Waals surface area (Å²) in [6.45, 7) is 9.61. The zero-order valence-electron chi connectivity index (χ0n) is 62.0. The Hall–Kier alpha value is -1.94. The molecule has 0 aromatic carbocycles. The Morgan fingerprint density at radius 2 is 0.484 bits per heavy atom. The van der Waals surface area contributed by atoms with Crippen molar-refractivity contribution in [2.75, 3.05) is 39.6 Å². The number of aliphatic hydroxyl groups is 1. The lowest BCUT2D eigenvalue weighted by atomic mass is 10.0. The Labute approximate surface area is 581 Å². The molecular formula is C76H148O17P2. The fourth-order valence-electron chi connectivity index (χ4n) is 11.7. The normalized spacial score (nSPS) is 14.0. The number of carbonyl (C=O) groups excluding carboxylic acids is 4. The molecule has 0 radical (unpaired) electrons. The van der Waals surface area contributed by atoms with E-state index in [1.807, 2.05) is 0 Å². The third-order valence-electron chi connectivity index (χ3n) is 17.7. The summed E-state index contributed by atoms with van der Waals surface area (Å²) in [5.41, 5.74) is 0. The van der Waals surface area contributed by atoms with E-state index in [1.165, 1.54) is 212 Å². The van der Waals surface area contributed by atoms with Crippen molar-refractivity contribution in [3.8, 4) is 0 Å². The Bertz CT molecular complexity index is 1840. The highest BCUT2D eigenvalue weighted by Crippen LogP contribution is 2.45. The van der Waals surface area contributed by atoms with Crippen molar-refractivity contribution in [2.45, 2.75) is 413 Å². The molecule has 17 nitrogen and oxygen atoms in total. The van der Waals surface area contributed by atoms with Gasteiger partial charge in [0.15, 0.2) is 12.2 Å².